The van der Waals surface area contributed by atoms with E-state index in [2.05, 4.69) is 5.32 Å². The van der Waals surface area contributed by atoms with E-state index in [9.17, 15) is 9.59 Å². The number of benzene rings is 2. The molecular weight excluding hydrogens is 362 g/mol. The van der Waals surface area contributed by atoms with Crippen LogP contribution in [0.1, 0.15) is 15.9 Å². The normalized spacial score (nSPS) is 10.3. The first kappa shape index (κ1) is 19.3. The number of rotatable bonds is 8. The minimum absolute atomic E-state index is 0.0915. The van der Waals surface area contributed by atoms with Crippen molar-refractivity contribution >= 4 is 35.2 Å². The predicted molar refractivity (Wildman–Crippen MR) is 97.8 cm³/mol. The fourth-order valence-corrected chi connectivity index (χ4v) is 2.80. The number of hydrogen-bond donors (Lipinski definition) is 2. The van der Waals surface area contributed by atoms with Gasteiger partial charge in [0.05, 0.1) is 12.2 Å². The lowest BCUT2D eigenvalue weighted by Crippen LogP contribution is -2.30. The second kappa shape index (κ2) is 10.1. The Kier molecular flexibility index (Phi) is 7.78. The van der Waals surface area contributed by atoms with Gasteiger partial charge in [-0.2, -0.15) is 0 Å². The number of aliphatic hydroxyl groups is 1. The van der Waals surface area contributed by atoms with Crippen molar-refractivity contribution in [2.45, 2.75) is 11.5 Å². The first-order valence-electron chi connectivity index (χ1n) is 7.60. The van der Waals surface area contributed by atoms with Crippen LogP contribution in [0.4, 0.5) is 0 Å². The molecule has 0 saturated carbocycles. The molecule has 0 aliphatic rings. The summed E-state index contributed by atoms with van der Waals surface area (Å²) >= 11 is 7.41. The van der Waals surface area contributed by atoms with Gasteiger partial charge < -0.3 is 15.2 Å². The van der Waals surface area contributed by atoms with E-state index in [0.717, 1.165) is 4.90 Å². The molecule has 0 aliphatic heterocycles. The smallest absolute Gasteiger partial charge is 0.338 e. The molecule has 0 bridgehead atoms. The minimum Gasteiger partial charge on any atom is -0.452 e. The molecule has 2 rings (SSSR count). The molecular formula is C18H18ClNO4S. The van der Waals surface area contributed by atoms with Gasteiger partial charge in [-0.1, -0.05) is 23.7 Å². The number of halogens is 1. The van der Waals surface area contributed by atoms with Crippen molar-refractivity contribution < 1.29 is 19.4 Å². The van der Waals surface area contributed by atoms with Crippen LogP contribution in [-0.4, -0.2) is 35.9 Å². The van der Waals surface area contributed by atoms with E-state index in [1.165, 1.54) is 0 Å². The topological polar surface area (TPSA) is 75.6 Å². The van der Waals surface area contributed by atoms with E-state index >= 15 is 0 Å². The highest BCUT2D eigenvalue weighted by atomic mass is 35.5. The Morgan fingerprint density at radius 1 is 1.08 bits per heavy atom. The Bertz CT molecular complexity index is 704. The SMILES string of the molecule is O=C(COC(=O)c1ccc(CO)cc1)NCCSc1ccc(Cl)cc1. The maximum absolute atomic E-state index is 11.8. The molecule has 0 radical (unpaired) electrons. The number of aliphatic hydroxyl groups excluding tert-OH is 1. The van der Waals surface area contributed by atoms with E-state index in [1.807, 2.05) is 24.3 Å². The number of amides is 1. The Morgan fingerprint density at radius 2 is 1.76 bits per heavy atom. The zero-order valence-corrected chi connectivity index (χ0v) is 15.0. The summed E-state index contributed by atoms with van der Waals surface area (Å²) in [7, 11) is 0. The van der Waals surface area contributed by atoms with Gasteiger partial charge in [0.25, 0.3) is 5.91 Å². The molecule has 0 heterocycles. The largest absolute Gasteiger partial charge is 0.452 e. The first-order valence-corrected chi connectivity index (χ1v) is 8.97. The van der Waals surface area contributed by atoms with Crippen molar-refractivity contribution in [3.63, 3.8) is 0 Å². The van der Waals surface area contributed by atoms with Crippen LogP contribution >= 0.6 is 23.4 Å². The number of carbonyl (C=O) groups excluding carboxylic acids is 2. The van der Waals surface area contributed by atoms with Crippen LogP contribution in [0.2, 0.25) is 5.02 Å². The molecule has 0 atom stereocenters. The number of thioether (sulfide) groups is 1. The molecule has 0 saturated heterocycles. The molecule has 0 aromatic heterocycles. The van der Waals surface area contributed by atoms with E-state index in [4.69, 9.17) is 21.4 Å². The molecule has 7 heteroatoms. The summed E-state index contributed by atoms with van der Waals surface area (Å²) in [4.78, 5) is 24.6. The molecule has 132 valence electrons. The summed E-state index contributed by atoms with van der Waals surface area (Å²) in [5.74, 6) is -0.226. The van der Waals surface area contributed by atoms with Crippen molar-refractivity contribution in [3.05, 3.63) is 64.7 Å². The van der Waals surface area contributed by atoms with Crippen LogP contribution in [0.25, 0.3) is 0 Å². The monoisotopic (exact) mass is 379 g/mol. The summed E-state index contributed by atoms with van der Waals surface area (Å²) in [5.41, 5.74) is 1.04. The van der Waals surface area contributed by atoms with Gasteiger partial charge in [-0.25, -0.2) is 4.79 Å². The fraction of sp³-hybridized carbons (Fsp3) is 0.222. The second-order valence-electron chi connectivity index (χ2n) is 5.08. The summed E-state index contributed by atoms with van der Waals surface area (Å²) < 4.78 is 4.96. The van der Waals surface area contributed by atoms with Crippen molar-refractivity contribution in [2.75, 3.05) is 18.9 Å². The zero-order valence-electron chi connectivity index (χ0n) is 13.4. The molecule has 0 fully saturated rings. The average molecular weight is 380 g/mol. The summed E-state index contributed by atoms with van der Waals surface area (Å²) in [5, 5.41) is 12.3. The lowest BCUT2D eigenvalue weighted by molar-refractivity contribution is -0.124. The molecule has 2 aromatic carbocycles. The van der Waals surface area contributed by atoms with Crippen molar-refractivity contribution in [2.24, 2.45) is 0 Å². The van der Waals surface area contributed by atoms with Gasteiger partial charge in [-0.15, -0.1) is 11.8 Å². The van der Waals surface area contributed by atoms with Crippen LogP contribution in [0.15, 0.2) is 53.4 Å². The molecule has 0 spiro atoms. The van der Waals surface area contributed by atoms with E-state index < -0.39 is 5.97 Å². The van der Waals surface area contributed by atoms with Gasteiger partial charge in [0.2, 0.25) is 0 Å². The lowest BCUT2D eigenvalue weighted by atomic mass is 10.1. The van der Waals surface area contributed by atoms with Gasteiger partial charge in [-0.3, -0.25) is 4.79 Å². The van der Waals surface area contributed by atoms with Gasteiger partial charge >= 0.3 is 5.97 Å². The highest BCUT2D eigenvalue weighted by Gasteiger charge is 2.09. The summed E-state index contributed by atoms with van der Waals surface area (Å²) in [6.45, 7) is 0.0484. The molecule has 2 N–H and O–H groups in total. The van der Waals surface area contributed by atoms with Crippen LogP contribution in [0, 0.1) is 0 Å². The average Bonchev–Trinajstić information content (AvgIpc) is 2.64. The Balaban J connectivity index is 1.64. The maximum atomic E-state index is 11.8. The fourth-order valence-electron chi connectivity index (χ4n) is 1.90. The van der Waals surface area contributed by atoms with Crippen LogP contribution in [0.5, 0.6) is 0 Å². The Hall–Kier alpha value is -2.02. The van der Waals surface area contributed by atoms with E-state index in [1.54, 1.807) is 36.0 Å². The van der Waals surface area contributed by atoms with Crippen molar-refractivity contribution in [3.8, 4) is 0 Å². The number of hydrogen-bond acceptors (Lipinski definition) is 5. The highest BCUT2D eigenvalue weighted by molar-refractivity contribution is 7.99. The molecule has 5 nitrogen and oxygen atoms in total. The van der Waals surface area contributed by atoms with Gasteiger partial charge in [0, 0.05) is 22.2 Å². The third kappa shape index (κ3) is 6.78. The number of nitrogens with one attached hydrogen (secondary N) is 1. The van der Waals surface area contributed by atoms with Gasteiger partial charge in [0.15, 0.2) is 6.61 Å². The Labute approximate surface area is 155 Å². The number of esters is 1. The lowest BCUT2D eigenvalue weighted by Gasteiger charge is -2.07. The minimum atomic E-state index is -0.574. The van der Waals surface area contributed by atoms with Gasteiger partial charge in [0.1, 0.15) is 0 Å². The second-order valence-corrected chi connectivity index (χ2v) is 6.69. The van der Waals surface area contributed by atoms with E-state index in [-0.39, 0.29) is 19.1 Å². The van der Waals surface area contributed by atoms with Crippen molar-refractivity contribution in [1.29, 1.82) is 0 Å². The predicted octanol–water partition coefficient (Wildman–Crippen LogP) is 2.90. The summed E-state index contributed by atoms with van der Waals surface area (Å²) in [6.07, 6.45) is 0. The zero-order chi connectivity index (χ0) is 18.1. The molecule has 0 unspecified atom stereocenters. The third-order valence-corrected chi connectivity index (χ3v) is 4.48. The highest BCUT2D eigenvalue weighted by Crippen LogP contribution is 2.19. The van der Waals surface area contributed by atoms with Crippen LogP contribution < -0.4 is 5.32 Å². The quantitative estimate of drug-likeness (QED) is 0.419. The third-order valence-electron chi connectivity index (χ3n) is 3.21. The van der Waals surface area contributed by atoms with Crippen LogP contribution in [-0.2, 0) is 16.1 Å². The Morgan fingerprint density at radius 3 is 2.40 bits per heavy atom. The summed E-state index contributed by atoms with van der Waals surface area (Å²) in [6, 6.07) is 13.8. The van der Waals surface area contributed by atoms with Crippen LogP contribution in [0.3, 0.4) is 0 Å². The van der Waals surface area contributed by atoms with Crippen molar-refractivity contribution in [1.82, 2.24) is 5.32 Å². The first-order chi connectivity index (χ1) is 12.1. The molecule has 2 aromatic rings. The van der Waals surface area contributed by atoms with Gasteiger partial charge in [-0.05, 0) is 42.0 Å². The molecule has 25 heavy (non-hydrogen) atoms. The number of ether oxygens (including phenoxy) is 1. The van der Waals surface area contributed by atoms with E-state index in [0.29, 0.717) is 28.4 Å². The number of carbonyl (C=O) groups is 2. The molecule has 1 amide bonds. The maximum Gasteiger partial charge on any atom is 0.338 e. The molecule has 0 aliphatic carbocycles. The standard InChI is InChI=1S/C18H18ClNO4S/c19-15-5-7-16(8-6-15)25-10-9-20-17(22)12-24-18(23)14-3-1-13(11-21)2-4-14/h1-8,21H,9-12H2,(H,20,22).